The number of amides is 2. The molecule has 0 radical (unpaired) electrons. The van der Waals surface area contributed by atoms with Gasteiger partial charge in [0, 0.05) is 16.7 Å². The van der Waals surface area contributed by atoms with Crippen molar-refractivity contribution in [3.63, 3.8) is 0 Å². The minimum Gasteiger partial charge on any atom is -0.347 e. The molecule has 1 rings (SSSR count). The number of halogens is 2. The fraction of sp³-hybridized carbons (Fsp3) is 0.500. The molecule has 0 aromatic heterocycles. The smallest absolute Gasteiger partial charge is 0.243 e. The third-order valence-corrected chi connectivity index (χ3v) is 4.59. The summed E-state index contributed by atoms with van der Waals surface area (Å²) in [5.74, 6) is -0.417. The van der Waals surface area contributed by atoms with Crippen molar-refractivity contribution in [1.82, 2.24) is 5.32 Å². The Kier molecular flexibility index (Phi) is 9.42. The first kappa shape index (κ1) is 21.9. The van der Waals surface area contributed by atoms with Crippen molar-refractivity contribution in [2.45, 2.75) is 33.6 Å². The molecule has 0 bridgehead atoms. The molecule has 1 aromatic carbocycles. The van der Waals surface area contributed by atoms with E-state index in [-0.39, 0.29) is 37.3 Å². The summed E-state index contributed by atoms with van der Waals surface area (Å²) < 4.78 is 0.954. The van der Waals surface area contributed by atoms with Crippen molar-refractivity contribution < 1.29 is 9.59 Å². The molecular formula is C16H25BrClN3O2. The largest absolute Gasteiger partial charge is 0.347 e. The summed E-state index contributed by atoms with van der Waals surface area (Å²) in [6.45, 7) is 5.99. The SMILES string of the molecule is CCC(CC)(CN)C(=O)NCC(=O)Nc1ccc(Br)cc1C.Cl. The number of aryl methyl sites for hydroxylation is 1. The topological polar surface area (TPSA) is 84.2 Å². The predicted molar refractivity (Wildman–Crippen MR) is 99.8 cm³/mol. The molecule has 0 heterocycles. The van der Waals surface area contributed by atoms with Crippen LogP contribution in [0.1, 0.15) is 32.3 Å². The lowest BCUT2D eigenvalue weighted by Gasteiger charge is -2.28. The summed E-state index contributed by atoms with van der Waals surface area (Å²) >= 11 is 3.38. The van der Waals surface area contributed by atoms with Crippen LogP contribution in [0.4, 0.5) is 5.69 Å². The molecule has 0 fully saturated rings. The minimum absolute atomic E-state index is 0. The zero-order valence-corrected chi connectivity index (χ0v) is 16.1. The number of anilines is 1. The number of hydrogen-bond acceptors (Lipinski definition) is 3. The molecule has 1 aromatic rings. The van der Waals surface area contributed by atoms with E-state index in [2.05, 4.69) is 26.6 Å². The maximum absolute atomic E-state index is 12.2. The molecule has 0 aliphatic carbocycles. The van der Waals surface area contributed by atoms with Gasteiger partial charge in [-0.2, -0.15) is 0 Å². The predicted octanol–water partition coefficient (Wildman–Crippen LogP) is 3.00. The molecule has 0 spiro atoms. The van der Waals surface area contributed by atoms with Crippen molar-refractivity contribution in [3.05, 3.63) is 28.2 Å². The van der Waals surface area contributed by atoms with Gasteiger partial charge < -0.3 is 16.4 Å². The molecule has 0 saturated heterocycles. The highest BCUT2D eigenvalue weighted by molar-refractivity contribution is 9.10. The second-order valence-electron chi connectivity index (χ2n) is 5.38. The molecule has 0 aliphatic heterocycles. The number of nitrogens with two attached hydrogens (primary N) is 1. The molecule has 23 heavy (non-hydrogen) atoms. The number of benzene rings is 1. The molecular weight excluding hydrogens is 382 g/mol. The van der Waals surface area contributed by atoms with Gasteiger partial charge in [-0.05, 0) is 43.5 Å². The van der Waals surface area contributed by atoms with Crippen molar-refractivity contribution in [2.24, 2.45) is 11.1 Å². The van der Waals surface area contributed by atoms with E-state index in [0.29, 0.717) is 12.8 Å². The first-order valence-corrected chi connectivity index (χ1v) is 8.22. The summed E-state index contributed by atoms with van der Waals surface area (Å²) in [5, 5.41) is 5.48. The second-order valence-corrected chi connectivity index (χ2v) is 6.30. The number of hydrogen-bond donors (Lipinski definition) is 3. The van der Waals surface area contributed by atoms with Gasteiger partial charge >= 0.3 is 0 Å². The van der Waals surface area contributed by atoms with E-state index in [0.717, 1.165) is 15.7 Å². The summed E-state index contributed by atoms with van der Waals surface area (Å²) in [5.41, 5.74) is 6.82. The summed E-state index contributed by atoms with van der Waals surface area (Å²) in [6, 6.07) is 5.60. The van der Waals surface area contributed by atoms with E-state index in [1.165, 1.54) is 0 Å². The minimum atomic E-state index is -0.589. The number of carbonyl (C=O) groups is 2. The molecule has 0 saturated carbocycles. The lowest BCUT2D eigenvalue weighted by atomic mass is 9.81. The van der Waals surface area contributed by atoms with Crippen molar-refractivity contribution in [3.8, 4) is 0 Å². The first-order chi connectivity index (χ1) is 10.4. The Balaban J connectivity index is 0.00000484. The van der Waals surface area contributed by atoms with Crippen molar-refractivity contribution >= 4 is 45.8 Å². The van der Waals surface area contributed by atoms with Crippen LogP contribution in [-0.2, 0) is 9.59 Å². The van der Waals surface area contributed by atoms with Gasteiger partial charge in [0.05, 0.1) is 12.0 Å². The van der Waals surface area contributed by atoms with Crippen LogP contribution in [0.5, 0.6) is 0 Å². The number of rotatable bonds is 7. The maximum atomic E-state index is 12.2. The Labute approximate surface area is 152 Å². The fourth-order valence-corrected chi connectivity index (χ4v) is 2.74. The number of carbonyl (C=O) groups excluding carboxylic acids is 2. The van der Waals surface area contributed by atoms with E-state index in [4.69, 9.17) is 5.73 Å². The van der Waals surface area contributed by atoms with Crippen LogP contribution in [-0.4, -0.2) is 24.9 Å². The average Bonchev–Trinajstić information content (AvgIpc) is 2.50. The van der Waals surface area contributed by atoms with Gasteiger partial charge in [0.2, 0.25) is 11.8 Å². The molecule has 5 nitrogen and oxygen atoms in total. The monoisotopic (exact) mass is 405 g/mol. The molecule has 2 amide bonds. The third kappa shape index (κ3) is 5.79. The highest BCUT2D eigenvalue weighted by atomic mass is 79.9. The lowest BCUT2D eigenvalue weighted by Crippen LogP contribution is -2.47. The second kappa shape index (κ2) is 9.90. The van der Waals surface area contributed by atoms with Crippen LogP contribution in [0.15, 0.2) is 22.7 Å². The van der Waals surface area contributed by atoms with Gasteiger partial charge in [-0.3, -0.25) is 9.59 Å². The Hall–Kier alpha value is -1.11. The first-order valence-electron chi connectivity index (χ1n) is 7.43. The fourth-order valence-electron chi connectivity index (χ4n) is 2.26. The summed E-state index contributed by atoms with van der Waals surface area (Å²) in [4.78, 5) is 24.2. The lowest BCUT2D eigenvalue weighted by molar-refractivity contribution is -0.132. The zero-order valence-electron chi connectivity index (χ0n) is 13.7. The highest BCUT2D eigenvalue weighted by Crippen LogP contribution is 2.25. The van der Waals surface area contributed by atoms with Crippen molar-refractivity contribution in [1.29, 1.82) is 0 Å². The maximum Gasteiger partial charge on any atom is 0.243 e. The summed E-state index contributed by atoms with van der Waals surface area (Å²) in [7, 11) is 0. The van der Waals surface area contributed by atoms with E-state index in [1.807, 2.05) is 39.0 Å². The Morgan fingerprint density at radius 1 is 1.26 bits per heavy atom. The molecule has 0 atom stereocenters. The number of nitrogens with one attached hydrogen (secondary N) is 2. The van der Waals surface area contributed by atoms with E-state index < -0.39 is 5.41 Å². The van der Waals surface area contributed by atoms with E-state index in [9.17, 15) is 9.59 Å². The Bertz CT molecular complexity index is 540. The van der Waals surface area contributed by atoms with E-state index in [1.54, 1.807) is 0 Å². The Morgan fingerprint density at radius 2 is 1.87 bits per heavy atom. The molecule has 0 unspecified atom stereocenters. The van der Waals surface area contributed by atoms with Crippen LogP contribution < -0.4 is 16.4 Å². The van der Waals surface area contributed by atoms with Crippen LogP contribution >= 0.6 is 28.3 Å². The van der Waals surface area contributed by atoms with Crippen molar-refractivity contribution in [2.75, 3.05) is 18.4 Å². The molecule has 7 heteroatoms. The van der Waals surface area contributed by atoms with Crippen LogP contribution in [0.2, 0.25) is 0 Å². The average molecular weight is 407 g/mol. The summed E-state index contributed by atoms with van der Waals surface area (Å²) in [6.07, 6.45) is 1.30. The Morgan fingerprint density at radius 3 is 2.35 bits per heavy atom. The highest BCUT2D eigenvalue weighted by Gasteiger charge is 2.33. The standard InChI is InChI=1S/C16H24BrN3O2.ClH/c1-4-16(5-2,10-18)15(22)19-9-14(21)20-13-7-6-12(17)8-11(13)3;/h6-8H,4-5,9-10,18H2,1-3H3,(H,19,22)(H,20,21);1H. The van der Waals surface area contributed by atoms with Gasteiger partial charge in [-0.25, -0.2) is 0 Å². The third-order valence-electron chi connectivity index (χ3n) is 4.10. The van der Waals surface area contributed by atoms with Crippen LogP contribution in [0, 0.1) is 12.3 Å². The van der Waals surface area contributed by atoms with Gasteiger partial charge in [0.15, 0.2) is 0 Å². The van der Waals surface area contributed by atoms with Gasteiger partial charge in [-0.15, -0.1) is 12.4 Å². The normalized spacial score (nSPS) is 10.7. The van der Waals surface area contributed by atoms with E-state index >= 15 is 0 Å². The molecule has 130 valence electrons. The molecule has 0 aliphatic rings. The van der Waals surface area contributed by atoms with Crippen LogP contribution in [0.3, 0.4) is 0 Å². The van der Waals surface area contributed by atoms with Crippen LogP contribution in [0.25, 0.3) is 0 Å². The zero-order chi connectivity index (χ0) is 16.8. The van der Waals surface area contributed by atoms with Gasteiger partial charge in [0.25, 0.3) is 0 Å². The van der Waals surface area contributed by atoms with Gasteiger partial charge in [-0.1, -0.05) is 29.8 Å². The van der Waals surface area contributed by atoms with Gasteiger partial charge in [0.1, 0.15) is 0 Å². The quantitative estimate of drug-likeness (QED) is 0.651. The molecule has 4 N–H and O–H groups in total.